The monoisotopic (exact) mass is 440 g/mol. The van der Waals surface area contributed by atoms with Gasteiger partial charge in [0, 0.05) is 37.0 Å². The third kappa shape index (κ3) is 4.10. The van der Waals surface area contributed by atoms with E-state index < -0.39 is 4.92 Å². The molecule has 0 bridgehead atoms. The molecule has 4 rings (SSSR count). The third-order valence-corrected chi connectivity index (χ3v) is 7.25. The predicted molar refractivity (Wildman–Crippen MR) is 119 cm³/mol. The van der Waals surface area contributed by atoms with E-state index >= 15 is 0 Å². The Labute approximate surface area is 183 Å². The highest BCUT2D eigenvalue weighted by Gasteiger charge is 2.22. The Morgan fingerprint density at radius 1 is 1.35 bits per heavy atom. The van der Waals surface area contributed by atoms with E-state index in [2.05, 4.69) is 4.98 Å². The second kappa shape index (κ2) is 8.58. The normalized spacial score (nSPS) is 14.3. The molecule has 1 amide bonds. The van der Waals surface area contributed by atoms with Crippen LogP contribution in [0.4, 0.5) is 5.69 Å². The van der Waals surface area contributed by atoms with E-state index in [-0.39, 0.29) is 36.2 Å². The highest BCUT2D eigenvalue weighted by molar-refractivity contribution is 7.18. The SMILES string of the molecule is C[C@H](c1cccc([N+](=O)[O-])c1)N(C)C(=O)CCn1cnc2sc3c(c2c1=O)CCCC3. The van der Waals surface area contributed by atoms with E-state index in [1.165, 1.54) is 27.9 Å². The number of thiophene rings is 1. The maximum absolute atomic E-state index is 13.0. The molecule has 3 aromatic rings. The lowest BCUT2D eigenvalue weighted by atomic mass is 9.97. The van der Waals surface area contributed by atoms with Crippen molar-refractivity contribution in [2.45, 2.75) is 51.6 Å². The largest absolute Gasteiger partial charge is 0.339 e. The van der Waals surface area contributed by atoms with Gasteiger partial charge in [0.05, 0.1) is 22.7 Å². The van der Waals surface area contributed by atoms with Crippen LogP contribution in [0, 0.1) is 10.1 Å². The zero-order chi connectivity index (χ0) is 22.1. The molecule has 162 valence electrons. The zero-order valence-electron chi connectivity index (χ0n) is 17.5. The van der Waals surface area contributed by atoms with Crippen molar-refractivity contribution in [1.29, 1.82) is 0 Å². The highest BCUT2D eigenvalue weighted by Crippen LogP contribution is 2.33. The zero-order valence-corrected chi connectivity index (χ0v) is 18.4. The fourth-order valence-electron chi connectivity index (χ4n) is 4.07. The minimum absolute atomic E-state index is 0.00442. The van der Waals surface area contributed by atoms with Crippen molar-refractivity contribution >= 4 is 33.1 Å². The summed E-state index contributed by atoms with van der Waals surface area (Å²) in [6.45, 7) is 2.08. The molecule has 2 heterocycles. The number of hydrogen-bond acceptors (Lipinski definition) is 6. The molecule has 1 aliphatic carbocycles. The van der Waals surface area contributed by atoms with E-state index in [0.717, 1.165) is 36.1 Å². The lowest BCUT2D eigenvalue weighted by Crippen LogP contribution is -2.31. The molecule has 1 aliphatic rings. The molecule has 1 atom stereocenters. The van der Waals surface area contributed by atoms with Gasteiger partial charge in [-0.05, 0) is 43.7 Å². The molecule has 9 heteroatoms. The van der Waals surface area contributed by atoms with Crippen LogP contribution in [0.15, 0.2) is 35.4 Å². The van der Waals surface area contributed by atoms with Crippen molar-refractivity contribution in [2.75, 3.05) is 7.05 Å². The first kappa shape index (κ1) is 21.2. The summed E-state index contributed by atoms with van der Waals surface area (Å²) in [5.74, 6) is -0.140. The number of nitro benzene ring substituents is 1. The smallest absolute Gasteiger partial charge is 0.269 e. The lowest BCUT2D eigenvalue weighted by Gasteiger charge is -2.25. The van der Waals surface area contributed by atoms with Crippen molar-refractivity contribution < 1.29 is 9.72 Å². The highest BCUT2D eigenvalue weighted by atomic mass is 32.1. The summed E-state index contributed by atoms with van der Waals surface area (Å²) in [4.78, 5) is 44.5. The van der Waals surface area contributed by atoms with Crippen LogP contribution < -0.4 is 5.56 Å². The van der Waals surface area contributed by atoms with Crippen LogP contribution in [-0.4, -0.2) is 32.3 Å². The number of rotatable bonds is 6. The van der Waals surface area contributed by atoms with E-state index in [1.54, 1.807) is 35.4 Å². The van der Waals surface area contributed by atoms with Crippen LogP contribution in [0.2, 0.25) is 0 Å². The predicted octanol–water partition coefficient (Wildman–Crippen LogP) is 3.85. The van der Waals surface area contributed by atoms with Gasteiger partial charge in [-0.3, -0.25) is 24.3 Å². The van der Waals surface area contributed by atoms with Gasteiger partial charge in [0.25, 0.3) is 11.2 Å². The Balaban J connectivity index is 1.49. The van der Waals surface area contributed by atoms with Crippen molar-refractivity contribution in [3.63, 3.8) is 0 Å². The van der Waals surface area contributed by atoms with E-state index in [1.807, 2.05) is 6.92 Å². The van der Waals surface area contributed by atoms with Crippen molar-refractivity contribution in [3.05, 3.63) is 67.1 Å². The molecule has 1 aromatic carbocycles. The Hall–Kier alpha value is -3.07. The number of aryl methyl sites for hydroxylation is 3. The van der Waals surface area contributed by atoms with Crippen molar-refractivity contribution in [3.8, 4) is 0 Å². The molecular formula is C22H24N4O4S. The number of nitrogens with zero attached hydrogens (tertiary/aromatic N) is 4. The summed E-state index contributed by atoms with van der Waals surface area (Å²) >= 11 is 1.61. The molecule has 8 nitrogen and oxygen atoms in total. The molecule has 0 spiro atoms. The molecule has 0 N–H and O–H groups in total. The van der Waals surface area contributed by atoms with Gasteiger partial charge in [-0.25, -0.2) is 4.98 Å². The summed E-state index contributed by atoms with van der Waals surface area (Å²) < 4.78 is 1.52. The number of carbonyl (C=O) groups is 1. The van der Waals surface area contributed by atoms with Crippen LogP contribution in [-0.2, 0) is 24.2 Å². The minimum atomic E-state index is -0.448. The molecule has 0 fully saturated rings. The van der Waals surface area contributed by atoms with E-state index in [0.29, 0.717) is 10.9 Å². The molecule has 31 heavy (non-hydrogen) atoms. The van der Waals surface area contributed by atoms with E-state index in [4.69, 9.17) is 0 Å². The average molecular weight is 441 g/mol. The summed E-state index contributed by atoms with van der Waals surface area (Å²) in [7, 11) is 1.67. The van der Waals surface area contributed by atoms with Crippen LogP contribution >= 0.6 is 11.3 Å². The fraction of sp³-hybridized carbons (Fsp3) is 0.409. The second-order valence-electron chi connectivity index (χ2n) is 7.92. The average Bonchev–Trinajstić information content (AvgIpc) is 3.16. The number of non-ortho nitro benzene ring substituents is 1. The summed E-state index contributed by atoms with van der Waals surface area (Å²) in [5, 5.41) is 11.7. The molecule has 0 radical (unpaired) electrons. The third-order valence-electron chi connectivity index (χ3n) is 6.05. The Morgan fingerprint density at radius 3 is 2.90 bits per heavy atom. The van der Waals surface area contributed by atoms with Gasteiger partial charge in [0.15, 0.2) is 0 Å². The number of fused-ring (bicyclic) bond motifs is 3. The van der Waals surface area contributed by atoms with Crippen LogP contribution in [0.5, 0.6) is 0 Å². The van der Waals surface area contributed by atoms with Crippen LogP contribution in [0.25, 0.3) is 10.2 Å². The first-order valence-corrected chi connectivity index (χ1v) is 11.2. The number of amides is 1. The Morgan fingerprint density at radius 2 is 2.13 bits per heavy atom. The van der Waals surface area contributed by atoms with Gasteiger partial charge in [-0.1, -0.05) is 12.1 Å². The molecule has 2 aromatic heterocycles. The van der Waals surface area contributed by atoms with Gasteiger partial charge in [0.2, 0.25) is 5.91 Å². The molecule has 0 saturated carbocycles. The number of carbonyl (C=O) groups excluding carboxylic acids is 1. The summed E-state index contributed by atoms with van der Waals surface area (Å²) in [6, 6.07) is 5.97. The van der Waals surface area contributed by atoms with E-state index in [9.17, 15) is 19.7 Å². The van der Waals surface area contributed by atoms with Crippen molar-refractivity contribution in [1.82, 2.24) is 14.5 Å². The Kier molecular flexibility index (Phi) is 5.86. The first-order chi connectivity index (χ1) is 14.9. The van der Waals surface area contributed by atoms with Gasteiger partial charge >= 0.3 is 0 Å². The molecular weight excluding hydrogens is 416 g/mol. The quantitative estimate of drug-likeness (QED) is 0.428. The summed E-state index contributed by atoms with van der Waals surface area (Å²) in [6.07, 6.45) is 5.84. The number of benzene rings is 1. The number of hydrogen-bond donors (Lipinski definition) is 0. The number of aromatic nitrogens is 2. The fourth-order valence-corrected chi connectivity index (χ4v) is 5.29. The Bertz CT molecular complexity index is 1220. The molecule has 0 saturated heterocycles. The van der Waals surface area contributed by atoms with Crippen LogP contribution in [0.1, 0.15) is 48.2 Å². The number of nitro groups is 1. The van der Waals surface area contributed by atoms with Crippen molar-refractivity contribution in [2.24, 2.45) is 0 Å². The lowest BCUT2D eigenvalue weighted by molar-refractivity contribution is -0.384. The maximum Gasteiger partial charge on any atom is 0.269 e. The van der Waals surface area contributed by atoms with Crippen LogP contribution in [0.3, 0.4) is 0 Å². The van der Waals surface area contributed by atoms with Gasteiger partial charge in [0.1, 0.15) is 4.83 Å². The summed E-state index contributed by atoms with van der Waals surface area (Å²) in [5.41, 5.74) is 1.75. The second-order valence-corrected chi connectivity index (χ2v) is 9.00. The molecule has 0 unspecified atom stereocenters. The minimum Gasteiger partial charge on any atom is -0.339 e. The molecule has 0 aliphatic heterocycles. The maximum atomic E-state index is 13.0. The van der Waals surface area contributed by atoms with Gasteiger partial charge in [-0.15, -0.1) is 11.3 Å². The van der Waals surface area contributed by atoms with Gasteiger partial charge < -0.3 is 4.90 Å². The van der Waals surface area contributed by atoms with Gasteiger partial charge in [-0.2, -0.15) is 0 Å². The first-order valence-electron chi connectivity index (χ1n) is 10.4. The topological polar surface area (TPSA) is 98.3 Å². The standard InChI is InChI=1S/C22H24N4O4S/c1-14(15-6-5-7-16(12-15)26(29)30)24(2)19(27)10-11-25-13-23-21-20(22(25)28)17-8-3-4-9-18(17)31-21/h5-7,12-14H,3-4,8-11H2,1-2H3/t14-/m1/s1.